The number of nitrogens with one attached hydrogen (secondary N) is 1. The number of hydrogen-bond donors (Lipinski definition) is 2. The van der Waals surface area contributed by atoms with Crippen molar-refractivity contribution >= 4 is 23.2 Å². The number of anilines is 2. The van der Waals surface area contributed by atoms with Gasteiger partial charge in [0.1, 0.15) is 0 Å². The Labute approximate surface area is 226 Å². The summed E-state index contributed by atoms with van der Waals surface area (Å²) >= 11 is 0. The number of carbonyl (C=O) groups is 2. The third-order valence-electron chi connectivity index (χ3n) is 7.61. The molecule has 0 heterocycles. The summed E-state index contributed by atoms with van der Waals surface area (Å²) in [6, 6.07) is 25.6. The van der Waals surface area contributed by atoms with E-state index in [0.29, 0.717) is 6.54 Å². The first-order valence-corrected chi connectivity index (χ1v) is 13.5. The van der Waals surface area contributed by atoms with Gasteiger partial charge in [-0.3, -0.25) is 9.59 Å². The monoisotopic (exact) mass is 513 g/mol. The minimum atomic E-state index is -0.405. The van der Waals surface area contributed by atoms with Gasteiger partial charge in [0, 0.05) is 38.3 Å². The Kier molecular flexibility index (Phi) is 9.19. The number of amides is 2. The smallest absolute Gasteiger partial charge is 0.224 e. The molecule has 6 heteroatoms. The lowest BCUT2D eigenvalue weighted by atomic mass is 9.74. The lowest BCUT2D eigenvalue weighted by Gasteiger charge is -2.32. The molecule has 38 heavy (non-hydrogen) atoms. The quantitative estimate of drug-likeness (QED) is 0.400. The van der Waals surface area contributed by atoms with Crippen molar-refractivity contribution in [3.05, 3.63) is 95.6 Å². The van der Waals surface area contributed by atoms with Gasteiger partial charge in [-0.15, -0.1) is 0 Å². The molecule has 4 rings (SSSR count). The minimum absolute atomic E-state index is 0.00519. The van der Waals surface area contributed by atoms with Crippen LogP contribution >= 0.6 is 0 Å². The normalized spacial score (nSPS) is 17.9. The Bertz CT molecular complexity index is 1190. The predicted octanol–water partition coefficient (Wildman–Crippen LogP) is 5.43. The molecule has 2 N–H and O–H groups in total. The molecule has 3 unspecified atom stereocenters. The molecule has 0 aliphatic heterocycles. The van der Waals surface area contributed by atoms with Crippen LogP contribution in [0.1, 0.15) is 61.3 Å². The van der Waals surface area contributed by atoms with E-state index in [1.54, 1.807) is 11.8 Å². The molecule has 3 aromatic rings. The molecular formula is C32H39N3O3. The number of benzene rings is 3. The third-order valence-corrected chi connectivity index (χ3v) is 7.61. The highest BCUT2D eigenvalue weighted by Crippen LogP contribution is 2.38. The summed E-state index contributed by atoms with van der Waals surface area (Å²) in [5.41, 5.74) is 5.06. The summed E-state index contributed by atoms with van der Waals surface area (Å²) in [4.78, 5) is 29.6. The van der Waals surface area contributed by atoms with Gasteiger partial charge in [-0.1, -0.05) is 67.4 Å². The Balaban J connectivity index is 1.46. The fraction of sp³-hybridized carbons (Fsp3) is 0.375. The van der Waals surface area contributed by atoms with Crippen molar-refractivity contribution in [2.24, 2.45) is 5.92 Å². The van der Waals surface area contributed by atoms with E-state index in [1.165, 1.54) is 0 Å². The van der Waals surface area contributed by atoms with E-state index in [1.807, 2.05) is 73.6 Å². The van der Waals surface area contributed by atoms with Crippen LogP contribution in [0, 0.1) is 5.92 Å². The Morgan fingerprint density at radius 3 is 2.13 bits per heavy atom. The maximum Gasteiger partial charge on any atom is 0.224 e. The molecule has 0 radical (unpaired) electrons. The van der Waals surface area contributed by atoms with Gasteiger partial charge in [-0.05, 0) is 59.7 Å². The summed E-state index contributed by atoms with van der Waals surface area (Å²) in [7, 11) is 3.99. The molecule has 0 saturated heterocycles. The maximum atomic E-state index is 13.4. The molecule has 0 bridgehead atoms. The summed E-state index contributed by atoms with van der Waals surface area (Å²) in [5, 5.41) is 13.0. The van der Waals surface area contributed by atoms with E-state index in [2.05, 4.69) is 29.6 Å². The van der Waals surface area contributed by atoms with Crippen LogP contribution in [-0.2, 0) is 16.1 Å². The van der Waals surface area contributed by atoms with Crippen LogP contribution in [0.5, 0.6) is 0 Å². The number of hydrogen-bond acceptors (Lipinski definition) is 4. The molecule has 1 aliphatic carbocycles. The van der Waals surface area contributed by atoms with Crippen LogP contribution in [0.2, 0.25) is 0 Å². The average Bonchev–Trinajstić information content (AvgIpc) is 2.95. The van der Waals surface area contributed by atoms with Crippen molar-refractivity contribution in [3.8, 4) is 0 Å². The highest BCUT2D eigenvalue weighted by molar-refractivity contribution is 5.91. The number of aliphatic hydroxyl groups excluding tert-OH is 1. The van der Waals surface area contributed by atoms with E-state index < -0.39 is 6.04 Å². The maximum absolute atomic E-state index is 13.4. The van der Waals surface area contributed by atoms with Crippen LogP contribution in [-0.4, -0.2) is 37.6 Å². The number of nitrogens with zero attached hydrogens (tertiary/aromatic N) is 2. The highest BCUT2D eigenvalue weighted by Gasteiger charge is 2.33. The van der Waals surface area contributed by atoms with Crippen molar-refractivity contribution in [1.29, 1.82) is 0 Å². The van der Waals surface area contributed by atoms with Gasteiger partial charge in [-0.2, -0.15) is 0 Å². The number of rotatable bonds is 9. The van der Waals surface area contributed by atoms with Crippen molar-refractivity contribution in [3.63, 3.8) is 0 Å². The zero-order valence-corrected chi connectivity index (χ0v) is 22.6. The molecule has 3 aromatic carbocycles. The van der Waals surface area contributed by atoms with Crippen LogP contribution in [0.25, 0.3) is 0 Å². The van der Waals surface area contributed by atoms with Crippen LogP contribution < -0.4 is 15.1 Å². The Hall–Kier alpha value is -3.64. The molecule has 3 atom stereocenters. The average molecular weight is 514 g/mol. The SMILES string of the molecule is CC(=O)N(Cc1ccc(C2CCCCC2C(=O)NC(CO)c2ccccc2)cc1)c1ccc(N(C)C)cc1. The Morgan fingerprint density at radius 1 is 0.895 bits per heavy atom. The lowest BCUT2D eigenvalue weighted by molar-refractivity contribution is -0.127. The summed E-state index contributed by atoms with van der Waals surface area (Å²) in [6.45, 7) is 1.95. The third kappa shape index (κ3) is 6.62. The molecular weight excluding hydrogens is 474 g/mol. The summed E-state index contributed by atoms with van der Waals surface area (Å²) < 4.78 is 0. The standard InChI is InChI=1S/C32H39N3O3/c1-23(37)35(28-19-17-27(18-20-28)34(2)3)21-24-13-15-25(16-14-24)29-11-7-8-12-30(29)32(38)33-31(22-36)26-9-5-4-6-10-26/h4-6,9-10,13-20,29-31,36H,7-8,11-12,21-22H2,1-3H3,(H,33,38). The van der Waals surface area contributed by atoms with Gasteiger partial charge in [-0.25, -0.2) is 0 Å². The lowest BCUT2D eigenvalue weighted by Crippen LogP contribution is -2.39. The molecule has 1 aliphatic rings. The molecule has 1 fully saturated rings. The van der Waals surface area contributed by atoms with Gasteiger partial charge >= 0.3 is 0 Å². The van der Waals surface area contributed by atoms with Crippen molar-refractivity contribution in [2.75, 3.05) is 30.5 Å². The van der Waals surface area contributed by atoms with Gasteiger partial charge in [0.25, 0.3) is 0 Å². The van der Waals surface area contributed by atoms with Gasteiger partial charge < -0.3 is 20.2 Å². The predicted molar refractivity (Wildman–Crippen MR) is 153 cm³/mol. The second kappa shape index (κ2) is 12.7. The van der Waals surface area contributed by atoms with Crippen LogP contribution in [0.15, 0.2) is 78.9 Å². The van der Waals surface area contributed by atoms with Crippen LogP contribution in [0.4, 0.5) is 11.4 Å². The fourth-order valence-electron chi connectivity index (χ4n) is 5.41. The summed E-state index contributed by atoms with van der Waals surface area (Å²) in [6.07, 6.45) is 3.93. The highest BCUT2D eigenvalue weighted by atomic mass is 16.3. The zero-order valence-electron chi connectivity index (χ0n) is 22.6. The van der Waals surface area contributed by atoms with Gasteiger partial charge in [0.05, 0.1) is 19.2 Å². The van der Waals surface area contributed by atoms with Crippen molar-refractivity contribution in [2.45, 2.75) is 51.1 Å². The second-order valence-corrected chi connectivity index (χ2v) is 10.4. The van der Waals surface area contributed by atoms with Gasteiger partial charge in [0.15, 0.2) is 0 Å². The summed E-state index contributed by atoms with van der Waals surface area (Å²) in [5.74, 6) is 0.00449. The van der Waals surface area contributed by atoms with E-state index in [0.717, 1.165) is 53.7 Å². The van der Waals surface area contributed by atoms with Crippen LogP contribution in [0.3, 0.4) is 0 Å². The fourth-order valence-corrected chi connectivity index (χ4v) is 5.41. The molecule has 200 valence electrons. The van der Waals surface area contributed by atoms with E-state index in [9.17, 15) is 14.7 Å². The van der Waals surface area contributed by atoms with Crippen molar-refractivity contribution in [1.82, 2.24) is 5.32 Å². The first-order chi connectivity index (χ1) is 18.4. The minimum Gasteiger partial charge on any atom is -0.394 e. The van der Waals surface area contributed by atoms with E-state index >= 15 is 0 Å². The largest absolute Gasteiger partial charge is 0.394 e. The number of carbonyl (C=O) groups excluding carboxylic acids is 2. The second-order valence-electron chi connectivity index (χ2n) is 10.4. The van der Waals surface area contributed by atoms with Gasteiger partial charge in [0.2, 0.25) is 11.8 Å². The Morgan fingerprint density at radius 2 is 1.53 bits per heavy atom. The first-order valence-electron chi connectivity index (χ1n) is 13.5. The first kappa shape index (κ1) is 27.4. The number of aliphatic hydroxyl groups is 1. The topological polar surface area (TPSA) is 72.9 Å². The van der Waals surface area contributed by atoms with E-state index in [-0.39, 0.29) is 30.3 Å². The molecule has 0 aromatic heterocycles. The van der Waals surface area contributed by atoms with Crippen molar-refractivity contribution < 1.29 is 14.7 Å². The molecule has 0 spiro atoms. The molecule has 2 amide bonds. The molecule has 1 saturated carbocycles. The molecule has 6 nitrogen and oxygen atoms in total. The zero-order chi connectivity index (χ0) is 27.1. The van der Waals surface area contributed by atoms with E-state index in [4.69, 9.17) is 0 Å².